The van der Waals surface area contributed by atoms with Crippen molar-refractivity contribution < 1.29 is 18.3 Å². The van der Waals surface area contributed by atoms with Gasteiger partial charge in [0.05, 0.1) is 13.2 Å². The maximum absolute atomic E-state index is 13.3. The van der Waals surface area contributed by atoms with E-state index in [1.54, 1.807) is 4.90 Å². The molecular formula is C9H18Cl2F2N2O2. The minimum absolute atomic E-state index is 0. The first kappa shape index (κ1) is 19.2. The molecule has 0 radical (unpaired) electrons. The highest BCUT2D eigenvalue weighted by Gasteiger charge is 2.42. The smallest absolute Gasteiger partial charge is 0.378 e. The first-order chi connectivity index (χ1) is 7.06. The number of hydrogen-bond donors (Lipinski definition) is 1. The van der Waals surface area contributed by atoms with Crippen LogP contribution in [0.1, 0.15) is 6.92 Å². The Bertz CT molecular complexity index is 227. The van der Waals surface area contributed by atoms with Crippen LogP contribution in [0.2, 0.25) is 0 Å². The molecule has 0 saturated carbocycles. The monoisotopic (exact) mass is 294 g/mol. The van der Waals surface area contributed by atoms with Gasteiger partial charge in [0.15, 0.2) is 0 Å². The Hall–Kier alpha value is -0.170. The predicted octanol–water partition coefficient (Wildman–Crippen LogP) is 0.934. The Morgan fingerprint density at radius 1 is 1.35 bits per heavy atom. The molecule has 0 unspecified atom stereocenters. The molecule has 0 amide bonds. The van der Waals surface area contributed by atoms with E-state index < -0.39 is 18.4 Å². The molecule has 1 saturated heterocycles. The van der Waals surface area contributed by atoms with E-state index in [1.165, 1.54) is 6.92 Å². The van der Waals surface area contributed by atoms with Gasteiger partial charge in [-0.15, -0.1) is 24.8 Å². The minimum atomic E-state index is -3.40. The van der Waals surface area contributed by atoms with Crippen LogP contribution in [0, 0.1) is 0 Å². The summed E-state index contributed by atoms with van der Waals surface area (Å²) in [6.45, 7) is 3.38. The van der Waals surface area contributed by atoms with Crippen molar-refractivity contribution in [3.05, 3.63) is 0 Å². The number of alkyl halides is 2. The summed E-state index contributed by atoms with van der Waals surface area (Å²) >= 11 is 0. The van der Waals surface area contributed by atoms with Crippen LogP contribution in [0.25, 0.3) is 0 Å². The van der Waals surface area contributed by atoms with E-state index in [0.717, 1.165) is 0 Å². The Kier molecular flexibility index (Phi) is 9.99. The molecule has 0 aromatic carbocycles. The number of halogens is 4. The second-order valence-corrected chi connectivity index (χ2v) is 3.45. The van der Waals surface area contributed by atoms with Crippen LogP contribution in [0.3, 0.4) is 0 Å². The fraction of sp³-hybridized carbons (Fsp3) is 0.889. The lowest BCUT2D eigenvalue weighted by Crippen LogP contribution is -2.50. The summed E-state index contributed by atoms with van der Waals surface area (Å²) in [5, 5.41) is 3.05. The topological polar surface area (TPSA) is 41.6 Å². The lowest BCUT2D eigenvalue weighted by molar-refractivity contribution is -0.174. The molecule has 4 nitrogen and oxygen atoms in total. The molecule has 0 aliphatic carbocycles. The lowest BCUT2D eigenvalue weighted by Gasteiger charge is -2.29. The number of nitrogens with one attached hydrogen (secondary N) is 1. The summed E-state index contributed by atoms with van der Waals surface area (Å²) < 4.78 is 30.8. The molecule has 1 heterocycles. The minimum Gasteiger partial charge on any atom is -0.462 e. The number of carbonyl (C=O) groups is 1. The number of esters is 1. The third kappa shape index (κ3) is 6.35. The molecule has 1 aliphatic heterocycles. The SMILES string of the molecule is CCOC(=O)C(F)(F)CN1CCNCC1.Cl.Cl. The molecule has 0 bridgehead atoms. The summed E-state index contributed by atoms with van der Waals surface area (Å²) in [6, 6.07) is 0. The van der Waals surface area contributed by atoms with Crippen molar-refractivity contribution in [1.29, 1.82) is 0 Å². The van der Waals surface area contributed by atoms with Gasteiger partial charge < -0.3 is 10.1 Å². The Balaban J connectivity index is 0. The van der Waals surface area contributed by atoms with Gasteiger partial charge in [-0.3, -0.25) is 4.90 Å². The van der Waals surface area contributed by atoms with E-state index in [0.29, 0.717) is 26.2 Å². The molecule has 0 atom stereocenters. The van der Waals surface area contributed by atoms with Crippen LogP contribution in [0.15, 0.2) is 0 Å². The lowest BCUT2D eigenvalue weighted by atomic mass is 10.2. The van der Waals surface area contributed by atoms with Crippen LogP contribution in [0.4, 0.5) is 8.78 Å². The zero-order valence-corrected chi connectivity index (χ0v) is 11.2. The van der Waals surface area contributed by atoms with Gasteiger partial charge in [-0.1, -0.05) is 0 Å². The zero-order chi connectivity index (χ0) is 11.3. The Morgan fingerprint density at radius 3 is 2.35 bits per heavy atom. The van der Waals surface area contributed by atoms with E-state index >= 15 is 0 Å². The molecule has 1 aliphatic rings. The van der Waals surface area contributed by atoms with Crippen molar-refractivity contribution in [3.63, 3.8) is 0 Å². The first-order valence-electron chi connectivity index (χ1n) is 5.04. The van der Waals surface area contributed by atoms with Gasteiger partial charge in [0.25, 0.3) is 0 Å². The van der Waals surface area contributed by atoms with E-state index in [4.69, 9.17) is 0 Å². The van der Waals surface area contributed by atoms with Crippen LogP contribution >= 0.6 is 24.8 Å². The van der Waals surface area contributed by atoms with Gasteiger partial charge in [-0.25, -0.2) is 4.79 Å². The van der Waals surface area contributed by atoms with Crippen molar-refractivity contribution in [2.24, 2.45) is 0 Å². The third-order valence-electron chi connectivity index (χ3n) is 2.21. The maximum Gasteiger partial charge on any atom is 0.378 e. The van der Waals surface area contributed by atoms with Crippen molar-refractivity contribution in [2.45, 2.75) is 12.8 Å². The first-order valence-corrected chi connectivity index (χ1v) is 5.04. The fourth-order valence-corrected chi connectivity index (χ4v) is 1.45. The summed E-state index contributed by atoms with van der Waals surface area (Å²) in [5.74, 6) is -4.82. The van der Waals surface area contributed by atoms with Crippen LogP contribution in [-0.2, 0) is 9.53 Å². The van der Waals surface area contributed by atoms with Crippen molar-refractivity contribution in [2.75, 3.05) is 39.3 Å². The highest BCUT2D eigenvalue weighted by Crippen LogP contribution is 2.17. The molecule has 104 valence electrons. The van der Waals surface area contributed by atoms with Crippen molar-refractivity contribution in [1.82, 2.24) is 10.2 Å². The van der Waals surface area contributed by atoms with Gasteiger partial charge in [-0.05, 0) is 6.92 Å². The molecule has 0 spiro atoms. The normalized spacial score (nSPS) is 16.6. The van der Waals surface area contributed by atoms with E-state index in [1.807, 2.05) is 0 Å². The zero-order valence-electron chi connectivity index (χ0n) is 9.58. The fourth-order valence-electron chi connectivity index (χ4n) is 1.45. The number of carbonyl (C=O) groups excluding carboxylic acids is 1. The second kappa shape index (κ2) is 8.85. The van der Waals surface area contributed by atoms with E-state index in [-0.39, 0.29) is 31.4 Å². The van der Waals surface area contributed by atoms with Crippen molar-refractivity contribution in [3.8, 4) is 0 Å². The Labute approximate surface area is 112 Å². The largest absolute Gasteiger partial charge is 0.462 e. The quantitative estimate of drug-likeness (QED) is 0.784. The molecule has 1 fully saturated rings. The van der Waals surface area contributed by atoms with Crippen LogP contribution in [0.5, 0.6) is 0 Å². The highest BCUT2D eigenvalue weighted by molar-refractivity contribution is 5.85. The molecule has 0 aromatic heterocycles. The van der Waals surface area contributed by atoms with Gasteiger partial charge in [0.1, 0.15) is 0 Å². The number of nitrogens with zero attached hydrogens (tertiary/aromatic N) is 1. The van der Waals surface area contributed by atoms with Gasteiger partial charge in [-0.2, -0.15) is 8.78 Å². The maximum atomic E-state index is 13.3. The molecule has 1 rings (SSSR count). The molecule has 17 heavy (non-hydrogen) atoms. The average Bonchev–Trinajstić information content (AvgIpc) is 2.19. The predicted molar refractivity (Wildman–Crippen MR) is 65.4 cm³/mol. The second-order valence-electron chi connectivity index (χ2n) is 3.45. The van der Waals surface area contributed by atoms with Gasteiger partial charge in [0, 0.05) is 26.2 Å². The molecular weight excluding hydrogens is 277 g/mol. The average molecular weight is 295 g/mol. The molecule has 0 aromatic rings. The van der Waals surface area contributed by atoms with Crippen molar-refractivity contribution >= 4 is 30.8 Å². The molecule has 1 N–H and O–H groups in total. The summed E-state index contributed by atoms with van der Waals surface area (Å²) in [7, 11) is 0. The summed E-state index contributed by atoms with van der Waals surface area (Å²) in [5.41, 5.74) is 0. The number of hydrogen-bond acceptors (Lipinski definition) is 4. The number of rotatable bonds is 4. The van der Waals surface area contributed by atoms with Crippen LogP contribution < -0.4 is 5.32 Å². The Morgan fingerprint density at radius 2 is 1.88 bits per heavy atom. The summed E-state index contributed by atoms with van der Waals surface area (Å²) in [6.07, 6.45) is 0. The van der Waals surface area contributed by atoms with E-state index in [9.17, 15) is 13.6 Å². The summed E-state index contributed by atoms with van der Waals surface area (Å²) in [4.78, 5) is 12.5. The highest BCUT2D eigenvalue weighted by atomic mass is 35.5. The van der Waals surface area contributed by atoms with Gasteiger partial charge in [0.2, 0.25) is 0 Å². The van der Waals surface area contributed by atoms with Gasteiger partial charge >= 0.3 is 11.9 Å². The number of piperazine rings is 1. The number of ether oxygens (including phenoxy) is 1. The van der Waals surface area contributed by atoms with E-state index in [2.05, 4.69) is 10.1 Å². The van der Waals surface area contributed by atoms with Crippen LogP contribution in [-0.4, -0.2) is 56.1 Å². The standard InChI is InChI=1S/C9H16F2N2O2.2ClH/c1-2-15-8(14)9(10,11)7-13-5-3-12-4-6-13;;/h12H,2-7H2,1H3;2*1H. The molecule has 8 heteroatoms. The third-order valence-corrected chi connectivity index (χ3v) is 2.21.